The summed E-state index contributed by atoms with van der Waals surface area (Å²) in [7, 11) is 1.62. The van der Waals surface area contributed by atoms with Gasteiger partial charge >= 0.3 is 6.03 Å². The molecule has 1 aromatic heterocycles. The highest BCUT2D eigenvalue weighted by molar-refractivity contribution is 6.01. The highest BCUT2D eigenvalue weighted by Gasteiger charge is 2.36. The topological polar surface area (TPSA) is 80.5 Å². The number of para-hydroxylation sites is 1. The summed E-state index contributed by atoms with van der Waals surface area (Å²) in [6, 6.07) is 24.3. The van der Waals surface area contributed by atoms with E-state index >= 15 is 0 Å². The molecule has 2 heterocycles. The molecule has 34 heavy (non-hydrogen) atoms. The van der Waals surface area contributed by atoms with E-state index in [1.54, 1.807) is 12.0 Å². The molecule has 1 atom stereocenters. The second-order valence-electron chi connectivity index (χ2n) is 8.12. The van der Waals surface area contributed by atoms with Gasteiger partial charge in [0, 0.05) is 11.3 Å². The molecule has 7 heteroatoms. The van der Waals surface area contributed by atoms with Crippen LogP contribution in [-0.4, -0.2) is 23.3 Å². The van der Waals surface area contributed by atoms with Gasteiger partial charge in [-0.05, 0) is 49.7 Å². The molecule has 1 aliphatic heterocycles. The van der Waals surface area contributed by atoms with Gasteiger partial charge < -0.3 is 14.6 Å². The minimum Gasteiger partial charge on any atom is -0.497 e. The zero-order chi connectivity index (χ0) is 23.7. The number of rotatable bonds is 5. The second kappa shape index (κ2) is 8.86. The molecular weight excluding hydrogens is 428 g/mol. The summed E-state index contributed by atoms with van der Waals surface area (Å²) >= 11 is 0. The lowest BCUT2D eigenvalue weighted by molar-refractivity contribution is 0.244. The monoisotopic (exact) mass is 452 g/mol. The number of hydrogen-bond donors (Lipinski definition) is 1. The third kappa shape index (κ3) is 3.92. The van der Waals surface area contributed by atoms with Crippen molar-refractivity contribution in [3.63, 3.8) is 0 Å². The molecule has 170 valence electrons. The predicted molar refractivity (Wildman–Crippen MR) is 130 cm³/mol. The van der Waals surface area contributed by atoms with Gasteiger partial charge in [0.25, 0.3) is 5.89 Å². The van der Waals surface area contributed by atoms with Crippen molar-refractivity contribution in [1.29, 1.82) is 0 Å². The van der Waals surface area contributed by atoms with Crippen molar-refractivity contribution >= 4 is 17.3 Å². The molecular formula is C27H24N4O3. The summed E-state index contributed by atoms with van der Waals surface area (Å²) in [6.07, 6.45) is 0. The molecule has 5 rings (SSSR count). The number of carbonyl (C=O) groups is 1. The van der Waals surface area contributed by atoms with Crippen molar-refractivity contribution in [3.05, 3.63) is 102 Å². The number of carbonyl (C=O) groups excluding carboxylic acids is 1. The fraction of sp³-hybridized carbons (Fsp3) is 0.148. The zero-order valence-corrected chi connectivity index (χ0v) is 19.1. The lowest BCUT2D eigenvalue weighted by atomic mass is 9.94. The van der Waals surface area contributed by atoms with Crippen LogP contribution in [0.15, 0.2) is 89.1 Å². The Labute approximate surface area is 197 Å². The van der Waals surface area contributed by atoms with Crippen molar-refractivity contribution in [2.75, 3.05) is 12.0 Å². The van der Waals surface area contributed by atoms with Crippen LogP contribution < -0.4 is 15.0 Å². The number of allylic oxidation sites excluding steroid dienone is 1. The number of aromatic nitrogens is 2. The van der Waals surface area contributed by atoms with Gasteiger partial charge in [-0.3, -0.25) is 4.90 Å². The number of ether oxygens (including phenoxy) is 1. The molecule has 0 bridgehead atoms. The fourth-order valence-electron chi connectivity index (χ4n) is 4.19. The summed E-state index contributed by atoms with van der Waals surface area (Å²) in [5.41, 5.74) is 5.06. The van der Waals surface area contributed by atoms with Crippen LogP contribution in [0.1, 0.15) is 30.0 Å². The molecule has 1 unspecified atom stereocenters. The zero-order valence-electron chi connectivity index (χ0n) is 19.1. The van der Waals surface area contributed by atoms with Gasteiger partial charge in [-0.2, -0.15) is 4.98 Å². The van der Waals surface area contributed by atoms with Crippen LogP contribution in [0.25, 0.3) is 17.0 Å². The number of benzene rings is 3. The molecule has 4 aromatic rings. The highest BCUT2D eigenvalue weighted by atomic mass is 16.5. The Kier molecular flexibility index (Phi) is 5.59. The van der Waals surface area contributed by atoms with E-state index in [0.29, 0.717) is 11.7 Å². The quantitative estimate of drug-likeness (QED) is 0.417. The third-order valence-corrected chi connectivity index (χ3v) is 5.88. The largest absolute Gasteiger partial charge is 0.497 e. The minimum atomic E-state index is -0.468. The molecule has 1 aliphatic rings. The standard InChI is InChI=1S/C27H24N4O3/c1-17-8-7-9-20(16-17)25-29-26(34-30-25)23-18(2)31(21-10-5-4-6-11-21)27(32)28-24(23)19-12-14-22(33-3)15-13-19/h4-16,24H,1-3H3,(H,28,32). The molecule has 3 aromatic carbocycles. The number of nitrogens with one attached hydrogen (secondary N) is 1. The molecule has 0 spiro atoms. The van der Waals surface area contributed by atoms with E-state index in [0.717, 1.165) is 39.4 Å². The molecule has 0 saturated heterocycles. The second-order valence-corrected chi connectivity index (χ2v) is 8.12. The van der Waals surface area contributed by atoms with Gasteiger partial charge in [0.2, 0.25) is 5.82 Å². The third-order valence-electron chi connectivity index (χ3n) is 5.88. The van der Waals surface area contributed by atoms with Gasteiger partial charge in [-0.25, -0.2) is 4.79 Å². The summed E-state index contributed by atoms with van der Waals surface area (Å²) in [5.74, 6) is 1.59. The van der Waals surface area contributed by atoms with Crippen LogP contribution in [0.4, 0.5) is 10.5 Å². The van der Waals surface area contributed by atoms with Crippen LogP contribution in [0.5, 0.6) is 5.75 Å². The van der Waals surface area contributed by atoms with Crippen molar-refractivity contribution in [3.8, 4) is 17.1 Å². The average Bonchev–Trinajstić information content (AvgIpc) is 3.34. The Morgan fingerprint density at radius 3 is 2.44 bits per heavy atom. The Balaban J connectivity index is 1.64. The molecule has 7 nitrogen and oxygen atoms in total. The summed E-state index contributed by atoms with van der Waals surface area (Å²) in [6.45, 7) is 3.92. The van der Waals surface area contributed by atoms with E-state index in [9.17, 15) is 4.79 Å². The molecule has 2 amide bonds. The van der Waals surface area contributed by atoms with Crippen LogP contribution in [0.2, 0.25) is 0 Å². The number of nitrogens with zero attached hydrogens (tertiary/aromatic N) is 3. The Morgan fingerprint density at radius 1 is 0.971 bits per heavy atom. The van der Waals surface area contributed by atoms with E-state index in [1.165, 1.54) is 0 Å². The van der Waals surface area contributed by atoms with Crippen molar-refractivity contribution in [2.24, 2.45) is 0 Å². The Bertz CT molecular complexity index is 1360. The molecule has 0 saturated carbocycles. The number of amides is 2. The summed E-state index contributed by atoms with van der Waals surface area (Å²) in [4.78, 5) is 19.6. The Morgan fingerprint density at radius 2 is 1.74 bits per heavy atom. The first-order valence-corrected chi connectivity index (χ1v) is 11.0. The SMILES string of the molecule is COc1ccc(C2NC(=O)N(c3ccccc3)C(C)=C2c2nc(-c3cccc(C)c3)no2)cc1. The minimum absolute atomic E-state index is 0.230. The lowest BCUT2D eigenvalue weighted by Gasteiger charge is -2.35. The van der Waals surface area contributed by atoms with Gasteiger partial charge in [0.05, 0.1) is 24.4 Å². The van der Waals surface area contributed by atoms with Crippen LogP contribution in [-0.2, 0) is 0 Å². The molecule has 1 N–H and O–H groups in total. The Hall–Kier alpha value is -4.39. The first-order valence-electron chi connectivity index (χ1n) is 11.0. The fourth-order valence-corrected chi connectivity index (χ4v) is 4.19. The van der Waals surface area contributed by atoms with E-state index < -0.39 is 6.04 Å². The lowest BCUT2D eigenvalue weighted by Crippen LogP contribution is -2.46. The van der Waals surface area contributed by atoms with E-state index in [4.69, 9.17) is 14.2 Å². The number of methoxy groups -OCH3 is 1. The van der Waals surface area contributed by atoms with Crippen molar-refractivity contribution in [2.45, 2.75) is 19.9 Å². The van der Waals surface area contributed by atoms with E-state index in [-0.39, 0.29) is 6.03 Å². The number of aryl methyl sites for hydroxylation is 1. The number of hydrogen-bond acceptors (Lipinski definition) is 5. The average molecular weight is 453 g/mol. The highest BCUT2D eigenvalue weighted by Crippen LogP contribution is 2.39. The summed E-state index contributed by atoms with van der Waals surface area (Å²) in [5, 5.41) is 7.35. The molecule has 0 radical (unpaired) electrons. The summed E-state index contributed by atoms with van der Waals surface area (Å²) < 4.78 is 11.1. The number of anilines is 1. The van der Waals surface area contributed by atoms with E-state index in [2.05, 4.69) is 10.5 Å². The predicted octanol–water partition coefficient (Wildman–Crippen LogP) is 5.76. The maximum absolute atomic E-state index is 13.2. The maximum atomic E-state index is 13.2. The van der Waals surface area contributed by atoms with Crippen LogP contribution in [0, 0.1) is 6.92 Å². The van der Waals surface area contributed by atoms with Gasteiger partial charge in [-0.1, -0.05) is 59.3 Å². The molecule has 0 fully saturated rings. The number of urea groups is 1. The van der Waals surface area contributed by atoms with Gasteiger partial charge in [0.1, 0.15) is 5.75 Å². The van der Waals surface area contributed by atoms with Gasteiger partial charge in [-0.15, -0.1) is 0 Å². The normalized spacial score (nSPS) is 15.9. The van der Waals surface area contributed by atoms with E-state index in [1.807, 2.05) is 92.7 Å². The smallest absolute Gasteiger partial charge is 0.326 e. The van der Waals surface area contributed by atoms with Crippen molar-refractivity contribution in [1.82, 2.24) is 15.5 Å². The first-order chi connectivity index (χ1) is 16.5. The molecule has 0 aliphatic carbocycles. The van der Waals surface area contributed by atoms with Crippen LogP contribution >= 0.6 is 0 Å². The van der Waals surface area contributed by atoms with Crippen molar-refractivity contribution < 1.29 is 14.1 Å². The van der Waals surface area contributed by atoms with Crippen LogP contribution in [0.3, 0.4) is 0 Å². The maximum Gasteiger partial charge on any atom is 0.326 e. The first kappa shape index (κ1) is 21.5. The van der Waals surface area contributed by atoms with Gasteiger partial charge in [0.15, 0.2) is 0 Å².